The molecule has 2 N–H and O–H groups in total. The molecule has 4 heteroatoms. The first-order valence-corrected chi connectivity index (χ1v) is 6.66. The number of nitrogens with one attached hydrogen (secondary N) is 1. The van der Waals surface area contributed by atoms with Gasteiger partial charge in [0, 0.05) is 37.8 Å². The molecule has 0 radical (unpaired) electrons. The van der Waals surface area contributed by atoms with Gasteiger partial charge in [-0.2, -0.15) is 0 Å². The molecule has 1 aromatic carbocycles. The van der Waals surface area contributed by atoms with Crippen LogP contribution >= 0.6 is 0 Å². The van der Waals surface area contributed by atoms with Crippen LogP contribution in [0.3, 0.4) is 0 Å². The highest BCUT2D eigenvalue weighted by molar-refractivity contribution is 5.90. The van der Waals surface area contributed by atoms with Gasteiger partial charge in [-0.3, -0.25) is 4.79 Å². The number of carbonyl (C=O) groups excluding carboxylic acids is 1. The number of aliphatic hydroxyl groups is 1. The summed E-state index contributed by atoms with van der Waals surface area (Å²) in [6.45, 7) is 2.61. The van der Waals surface area contributed by atoms with Crippen LogP contribution < -0.4 is 5.32 Å². The summed E-state index contributed by atoms with van der Waals surface area (Å²) in [6, 6.07) is 5.62. The summed E-state index contributed by atoms with van der Waals surface area (Å²) in [7, 11) is 1.62. The van der Waals surface area contributed by atoms with E-state index in [9.17, 15) is 4.79 Å². The van der Waals surface area contributed by atoms with Gasteiger partial charge in [-0.15, -0.1) is 0 Å². The largest absolute Gasteiger partial charge is 0.395 e. The molecular formula is C16H21NO3. The zero-order chi connectivity index (χ0) is 14.8. The number of benzene rings is 1. The van der Waals surface area contributed by atoms with E-state index in [1.807, 2.05) is 25.1 Å². The lowest BCUT2D eigenvalue weighted by Crippen LogP contribution is -2.12. The van der Waals surface area contributed by atoms with Gasteiger partial charge in [-0.05, 0) is 37.1 Å². The molecule has 1 aromatic rings. The van der Waals surface area contributed by atoms with Crippen molar-refractivity contribution in [2.45, 2.75) is 26.2 Å². The molecule has 20 heavy (non-hydrogen) atoms. The van der Waals surface area contributed by atoms with E-state index < -0.39 is 0 Å². The first kappa shape index (κ1) is 16.2. The zero-order valence-corrected chi connectivity index (χ0v) is 12.0. The maximum Gasteiger partial charge on any atom is 0.224 e. The molecule has 0 aromatic heterocycles. The van der Waals surface area contributed by atoms with Crippen LogP contribution in [0.15, 0.2) is 18.2 Å². The second-order valence-corrected chi connectivity index (χ2v) is 4.45. The first-order valence-electron chi connectivity index (χ1n) is 6.66. The minimum absolute atomic E-state index is 0.0134. The molecule has 0 atom stereocenters. The van der Waals surface area contributed by atoms with Crippen molar-refractivity contribution >= 4 is 11.6 Å². The molecule has 1 rings (SSSR count). The van der Waals surface area contributed by atoms with Crippen LogP contribution in [-0.4, -0.2) is 31.3 Å². The number of methoxy groups -OCH3 is 1. The van der Waals surface area contributed by atoms with E-state index in [1.165, 1.54) is 0 Å². The Labute approximate surface area is 120 Å². The molecule has 108 valence electrons. The van der Waals surface area contributed by atoms with Crippen molar-refractivity contribution in [2.24, 2.45) is 0 Å². The van der Waals surface area contributed by atoms with E-state index in [-0.39, 0.29) is 12.5 Å². The monoisotopic (exact) mass is 275 g/mol. The summed E-state index contributed by atoms with van der Waals surface area (Å²) in [6.07, 6.45) is 1.63. The molecule has 0 aliphatic heterocycles. The second-order valence-electron chi connectivity index (χ2n) is 4.45. The van der Waals surface area contributed by atoms with E-state index >= 15 is 0 Å². The fourth-order valence-corrected chi connectivity index (χ4v) is 1.70. The van der Waals surface area contributed by atoms with E-state index in [0.717, 1.165) is 16.8 Å². The summed E-state index contributed by atoms with van der Waals surface area (Å²) in [5.41, 5.74) is 2.69. The fraction of sp³-hybridized carbons (Fsp3) is 0.438. The minimum Gasteiger partial charge on any atom is -0.395 e. The van der Waals surface area contributed by atoms with Crippen LogP contribution in [0.4, 0.5) is 5.69 Å². The Morgan fingerprint density at radius 1 is 1.45 bits per heavy atom. The summed E-state index contributed by atoms with van der Waals surface area (Å²) in [5.74, 6) is 5.87. The smallest absolute Gasteiger partial charge is 0.224 e. The highest BCUT2D eigenvalue weighted by Gasteiger charge is 2.03. The lowest BCUT2D eigenvalue weighted by Gasteiger charge is -2.07. The Morgan fingerprint density at radius 3 is 2.90 bits per heavy atom. The third kappa shape index (κ3) is 5.87. The molecule has 0 bridgehead atoms. The number of anilines is 1. The van der Waals surface area contributed by atoms with Gasteiger partial charge in [0.2, 0.25) is 5.91 Å². The van der Waals surface area contributed by atoms with E-state index in [4.69, 9.17) is 9.84 Å². The molecule has 4 nitrogen and oxygen atoms in total. The van der Waals surface area contributed by atoms with Crippen molar-refractivity contribution in [1.82, 2.24) is 0 Å². The molecule has 0 unspecified atom stereocenters. The zero-order valence-electron chi connectivity index (χ0n) is 12.0. The van der Waals surface area contributed by atoms with Crippen molar-refractivity contribution in [3.8, 4) is 11.8 Å². The van der Waals surface area contributed by atoms with Gasteiger partial charge in [-0.25, -0.2) is 0 Å². The molecule has 0 saturated carbocycles. The van der Waals surface area contributed by atoms with Gasteiger partial charge in [0.1, 0.15) is 0 Å². The van der Waals surface area contributed by atoms with Gasteiger partial charge >= 0.3 is 0 Å². The number of amides is 1. The minimum atomic E-state index is -0.0134. The lowest BCUT2D eigenvalue weighted by atomic mass is 10.1. The number of hydrogen-bond acceptors (Lipinski definition) is 3. The normalized spacial score (nSPS) is 9.75. The summed E-state index contributed by atoms with van der Waals surface area (Å²) < 4.78 is 4.91. The summed E-state index contributed by atoms with van der Waals surface area (Å²) >= 11 is 0. The molecule has 0 aliphatic rings. The number of ether oxygens (including phenoxy) is 1. The van der Waals surface area contributed by atoms with Crippen LogP contribution in [0.1, 0.15) is 30.4 Å². The summed E-state index contributed by atoms with van der Waals surface area (Å²) in [4.78, 5) is 11.7. The van der Waals surface area contributed by atoms with Crippen LogP contribution in [0.25, 0.3) is 0 Å². The fourth-order valence-electron chi connectivity index (χ4n) is 1.70. The number of aryl methyl sites for hydroxylation is 1. The number of carbonyl (C=O) groups is 1. The number of aliphatic hydroxyl groups excluding tert-OH is 1. The molecule has 0 aliphatic carbocycles. The predicted octanol–water partition coefficient (Wildman–Crippen LogP) is 2.09. The molecule has 0 saturated heterocycles. The standard InChI is InChI=1S/C16H21NO3/c1-13-12-15(17-16(19)7-5-11-20-2)9-8-14(13)6-3-4-10-18/h8-9,12,18H,4-5,7,10-11H2,1-2H3,(H,17,19). The Hall–Kier alpha value is -1.83. The topological polar surface area (TPSA) is 58.6 Å². The Bertz CT molecular complexity index is 500. The number of hydrogen-bond donors (Lipinski definition) is 2. The molecular weight excluding hydrogens is 254 g/mol. The molecule has 0 fully saturated rings. The summed E-state index contributed by atoms with van der Waals surface area (Å²) in [5, 5.41) is 11.5. The third-order valence-electron chi connectivity index (χ3n) is 2.72. The van der Waals surface area contributed by atoms with Crippen LogP contribution in [-0.2, 0) is 9.53 Å². The first-order chi connectivity index (χ1) is 9.67. The number of rotatable bonds is 6. The molecule has 0 spiro atoms. The van der Waals surface area contributed by atoms with Gasteiger partial charge in [0.15, 0.2) is 0 Å². The maximum atomic E-state index is 11.7. The molecule has 0 heterocycles. The van der Waals surface area contributed by atoms with E-state index in [1.54, 1.807) is 7.11 Å². The van der Waals surface area contributed by atoms with Crippen LogP contribution in [0, 0.1) is 18.8 Å². The van der Waals surface area contributed by atoms with Gasteiger partial charge in [-0.1, -0.05) is 11.8 Å². The van der Waals surface area contributed by atoms with Crippen LogP contribution in [0.2, 0.25) is 0 Å². The SMILES string of the molecule is COCCCC(=O)Nc1ccc(C#CCCO)c(C)c1. The van der Waals surface area contributed by atoms with Gasteiger partial charge in [0.25, 0.3) is 0 Å². The second kappa shape index (κ2) is 9.13. The van der Waals surface area contributed by atoms with Crippen molar-refractivity contribution < 1.29 is 14.6 Å². The Morgan fingerprint density at radius 2 is 2.25 bits per heavy atom. The van der Waals surface area contributed by atoms with E-state index in [2.05, 4.69) is 17.2 Å². The van der Waals surface area contributed by atoms with Crippen molar-refractivity contribution in [2.75, 3.05) is 25.6 Å². The van der Waals surface area contributed by atoms with Crippen molar-refractivity contribution in [1.29, 1.82) is 0 Å². The van der Waals surface area contributed by atoms with Gasteiger partial charge < -0.3 is 15.2 Å². The molecule has 1 amide bonds. The highest BCUT2D eigenvalue weighted by Crippen LogP contribution is 2.15. The van der Waals surface area contributed by atoms with Crippen molar-refractivity contribution in [3.05, 3.63) is 29.3 Å². The Balaban J connectivity index is 2.59. The third-order valence-corrected chi connectivity index (χ3v) is 2.72. The van der Waals surface area contributed by atoms with Crippen molar-refractivity contribution in [3.63, 3.8) is 0 Å². The van der Waals surface area contributed by atoms with E-state index in [0.29, 0.717) is 25.9 Å². The van der Waals surface area contributed by atoms with Crippen LogP contribution in [0.5, 0.6) is 0 Å². The Kier molecular flexibility index (Phi) is 7.41. The van der Waals surface area contributed by atoms with Gasteiger partial charge in [0.05, 0.1) is 6.61 Å². The maximum absolute atomic E-state index is 11.7. The highest BCUT2D eigenvalue weighted by atomic mass is 16.5. The average Bonchev–Trinajstić information content (AvgIpc) is 2.42. The average molecular weight is 275 g/mol. The predicted molar refractivity (Wildman–Crippen MR) is 79.5 cm³/mol. The quantitative estimate of drug-likeness (QED) is 0.617. The lowest BCUT2D eigenvalue weighted by molar-refractivity contribution is -0.116.